The van der Waals surface area contributed by atoms with Crippen molar-refractivity contribution in [2.24, 2.45) is 12.8 Å². The molecule has 0 aliphatic rings. The summed E-state index contributed by atoms with van der Waals surface area (Å²) < 4.78 is 7.74. The molecule has 108 valence electrons. The second kappa shape index (κ2) is 5.54. The van der Waals surface area contributed by atoms with E-state index in [1.807, 2.05) is 49.0 Å². The molecule has 2 aromatic heterocycles. The zero-order chi connectivity index (χ0) is 14.8. The largest absolute Gasteiger partial charge is 0.485 e. The van der Waals surface area contributed by atoms with E-state index in [1.165, 1.54) is 0 Å². The Balaban J connectivity index is 1.87. The lowest BCUT2D eigenvalue weighted by Crippen LogP contribution is -2.06. The quantitative estimate of drug-likeness (QED) is 0.797. The smallest absolute Gasteiger partial charge is 0.142 e. The molecule has 0 radical (unpaired) electrons. The molecular weight excluding hydrogens is 264 g/mol. The van der Waals surface area contributed by atoms with Gasteiger partial charge in [-0.05, 0) is 25.1 Å². The van der Waals surface area contributed by atoms with Gasteiger partial charge in [0, 0.05) is 24.7 Å². The highest BCUT2D eigenvalue weighted by atomic mass is 16.5. The van der Waals surface area contributed by atoms with Gasteiger partial charge in [0.15, 0.2) is 0 Å². The van der Waals surface area contributed by atoms with Gasteiger partial charge in [-0.15, -0.1) is 0 Å². The minimum Gasteiger partial charge on any atom is -0.485 e. The molecule has 2 N–H and O–H groups in total. The predicted molar refractivity (Wildman–Crippen MR) is 81.9 cm³/mol. The van der Waals surface area contributed by atoms with Crippen LogP contribution in [0.25, 0.3) is 10.9 Å². The van der Waals surface area contributed by atoms with E-state index in [9.17, 15) is 0 Å². The van der Waals surface area contributed by atoms with E-state index < -0.39 is 0 Å². The van der Waals surface area contributed by atoms with Crippen molar-refractivity contribution in [3.8, 4) is 5.75 Å². The third-order valence-corrected chi connectivity index (χ3v) is 3.46. The summed E-state index contributed by atoms with van der Waals surface area (Å²) in [6.07, 6.45) is 0. The molecule has 3 rings (SSSR count). The molecule has 0 saturated heterocycles. The Morgan fingerprint density at radius 3 is 2.76 bits per heavy atom. The molecule has 21 heavy (non-hydrogen) atoms. The van der Waals surface area contributed by atoms with E-state index in [2.05, 4.69) is 16.1 Å². The summed E-state index contributed by atoms with van der Waals surface area (Å²) in [5.41, 5.74) is 9.44. The number of aromatic nitrogens is 3. The van der Waals surface area contributed by atoms with E-state index in [0.717, 1.165) is 33.7 Å². The number of para-hydroxylation sites is 1. The highest BCUT2D eigenvalue weighted by Gasteiger charge is 2.10. The Bertz CT molecular complexity index is 779. The molecule has 1 aromatic carbocycles. The van der Waals surface area contributed by atoms with Crippen LogP contribution in [0.5, 0.6) is 5.75 Å². The molecule has 2 heterocycles. The van der Waals surface area contributed by atoms with Crippen molar-refractivity contribution >= 4 is 10.9 Å². The first kappa shape index (κ1) is 13.6. The third-order valence-electron chi connectivity index (χ3n) is 3.46. The van der Waals surface area contributed by atoms with E-state index in [0.29, 0.717) is 13.2 Å². The molecule has 0 fully saturated rings. The van der Waals surface area contributed by atoms with Crippen molar-refractivity contribution in [2.45, 2.75) is 20.1 Å². The molecule has 0 unspecified atom stereocenters. The molecule has 0 atom stereocenters. The van der Waals surface area contributed by atoms with Crippen LogP contribution in [0.3, 0.4) is 0 Å². The molecule has 0 amide bonds. The van der Waals surface area contributed by atoms with Crippen LogP contribution in [-0.2, 0) is 20.2 Å². The minimum atomic E-state index is 0.361. The van der Waals surface area contributed by atoms with Crippen LogP contribution in [0, 0.1) is 6.92 Å². The summed E-state index contributed by atoms with van der Waals surface area (Å²) >= 11 is 0. The Kier molecular flexibility index (Phi) is 3.58. The van der Waals surface area contributed by atoms with Gasteiger partial charge in [0.2, 0.25) is 0 Å². The molecule has 0 spiro atoms. The number of aryl methyl sites for hydroxylation is 2. The lowest BCUT2D eigenvalue weighted by atomic mass is 10.2. The summed E-state index contributed by atoms with van der Waals surface area (Å²) in [7, 11) is 1.94. The van der Waals surface area contributed by atoms with Crippen molar-refractivity contribution in [3.63, 3.8) is 0 Å². The van der Waals surface area contributed by atoms with Gasteiger partial charge < -0.3 is 10.5 Å². The fourth-order valence-electron chi connectivity index (χ4n) is 2.42. The maximum Gasteiger partial charge on any atom is 0.142 e. The SMILES string of the molecule is Cc1ccc(OCc2nn(C)c3ccccc23)c(CN)n1. The monoisotopic (exact) mass is 282 g/mol. The topological polar surface area (TPSA) is 66.0 Å². The number of hydrogen-bond donors (Lipinski definition) is 1. The fraction of sp³-hybridized carbons (Fsp3) is 0.250. The van der Waals surface area contributed by atoms with Gasteiger partial charge in [-0.2, -0.15) is 5.10 Å². The standard InChI is InChI=1S/C16H18N4O/c1-11-7-8-16(13(9-17)18-11)21-10-14-12-5-3-4-6-15(12)20(2)19-14/h3-8H,9-10,17H2,1-2H3. The van der Waals surface area contributed by atoms with Gasteiger partial charge in [-0.3, -0.25) is 9.67 Å². The predicted octanol–water partition coefficient (Wildman–Crippen LogP) is 2.31. The number of nitrogens with two attached hydrogens (primary N) is 1. The highest BCUT2D eigenvalue weighted by Crippen LogP contribution is 2.21. The number of pyridine rings is 1. The average molecular weight is 282 g/mol. The molecule has 3 aromatic rings. The second-order valence-corrected chi connectivity index (χ2v) is 4.98. The van der Waals surface area contributed by atoms with Gasteiger partial charge in [0.05, 0.1) is 11.2 Å². The summed E-state index contributed by atoms with van der Waals surface area (Å²) in [4.78, 5) is 4.40. The summed E-state index contributed by atoms with van der Waals surface area (Å²) in [5.74, 6) is 0.720. The third kappa shape index (κ3) is 2.60. The zero-order valence-corrected chi connectivity index (χ0v) is 12.2. The molecule has 0 aliphatic carbocycles. The van der Waals surface area contributed by atoms with Crippen LogP contribution in [0.4, 0.5) is 0 Å². The Morgan fingerprint density at radius 2 is 1.95 bits per heavy atom. The second-order valence-electron chi connectivity index (χ2n) is 4.98. The number of ether oxygens (including phenoxy) is 1. The van der Waals surface area contributed by atoms with Gasteiger partial charge >= 0.3 is 0 Å². The maximum atomic E-state index is 5.87. The van der Waals surface area contributed by atoms with E-state index in [4.69, 9.17) is 10.5 Å². The zero-order valence-electron chi connectivity index (χ0n) is 12.2. The Labute approximate surface area is 123 Å². The van der Waals surface area contributed by atoms with Crippen LogP contribution >= 0.6 is 0 Å². The van der Waals surface area contributed by atoms with Crippen LogP contribution in [0.15, 0.2) is 36.4 Å². The minimum absolute atomic E-state index is 0.361. The van der Waals surface area contributed by atoms with Gasteiger partial charge in [0.1, 0.15) is 18.1 Å². The number of benzene rings is 1. The van der Waals surface area contributed by atoms with Crippen LogP contribution in [0.1, 0.15) is 17.1 Å². The van der Waals surface area contributed by atoms with Gasteiger partial charge in [-0.1, -0.05) is 18.2 Å². The summed E-state index contributed by atoms with van der Waals surface area (Å²) in [5, 5.41) is 5.62. The van der Waals surface area contributed by atoms with Crippen LogP contribution in [-0.4, -0.2) is 14.8 Å². The van der Waals surface area contributed by atoms with Crippen LogP contribution < -0.4 is 10.5 Å². The van der Waals surface area contributed by atoms with E-state index in [1.54, 1.807) is 0 Å². The van der Waals surface area contributed by atoms with Crippen molar-refractivity contribution in [1.82, 2.24) is 14.8 Å². The first-order valence-electron chi connectivity index (χ1n) is 6.89. The normalized spacial score (nSPS) is 11.0. The highest BCUT2D eigenvalue weighted by molar-refractivity contribution is 5.81. The van der Waals surface area contributed by atoms with E-state index in [-0.39, 0.29) is 0 Å². The fourth-order valence-corrected chi connectivity index (χ4v) is 2.42. The lowest BCUT2D eigenvalue weighted by molar-refractivity contribution is 0.296. The van der Waals surface area contributed by atoms with Gasteiger partial charge in [-0.25, -0.2) is 0 Å². The van der Waals surface area contributed by atoms with Gasteiger partial charge in [0.25, 0.3) is 0 Å². The number of rotatable bonds is 4. The Morgan fingerprint density at radius 1 is 1.14 bits per heavy atom. The number of fused-ring (bicyclic) bond motifs is 1. The van der Waals surface area contributed by atoms with Crippen molar-refractivity contribution < 1.29 is 4.74 Å². The number of hydrogen-bond acceptors (Lipinski definition) is 4. The van der Waals surface area contributed by atoms with Crippen LogP contribution in [0.2, 0.25) is 0 Å². The molecule has 0 aliphatic heterocycles. The Hall–Kier alpha value is -2.40. The average Bonchev–Trinajstić information content (AvgIpc) is 2.83. The first-order valence-corrected chi connectivity index (χ1v) is 6.89. The van der Waals surface area contributed by atoms with Crippen molar-refractivity contribution in [2.75, 3.05) is 0 Å². The molecule has 5 nitrogen and oxygen atoms in total. The van der Waals surface area contributed by atoms with Crippen molar-refractivity contribution in [3.05, 3.63) is 53.5 Å². The summed E-state index contributed by atoms with van der Waals surface area (Å²) in [6.45, 7) is 2.70. The number of nitrogens with zero attached hydrogens (tertiary/aromatic N) is 3. The van der Waals surface area contributed by atoms with E-state index >= 15 is 0 Å². The molecule has 0 bridgehead atoms. The molecular formula is C16H18N4O. The first-order chi connectivity index (χ1) is 10.2. The maximum absolute atomic E-state index is 5.87. The van der Waals surface area contributed by atoms with Crippen molar-refractivity contribution in [1.29, 1.82) is 0 Å². The molecule has 5 heteroatoms. The lowest BCUT2D eigenvalue weighted by Gasteiger charge is -2.09. The molecule has 0 saturated carbocycles. The summed E-state index contributed by atoms with van der Waals surface area (Å²) in [6, 6.07) is 11.9.